The molecule has 1 saturated heterocycles. The lowest BCUT2D eigenvalue weighted by Crippen LogP contribution is -2.32. The minimum Gasteiger partial charge on any atom is -0.299 e. The average molecular weight is 231 g/mol. The van der Waals surface area contributed by atoms with Crippen molar-refractivity contribution in [2.75, 3.05) is 13.1 Å². The van der Waals surface area contributed by atoms with Gasteiger partial charge in [-0.3, -0.25) is 4.90 Å². The highest BCUT2D eigenvalue weighted by molar-refractivity contribution is 5.24. The van der Waals surface area contributed by atoms with Crippen molar-refractivity contribution in [3.8, 4) is 0 Å². The Morgan fingerprint density at radius 1 is 1.12 bits per heavy atom. The Kier molecular flexibility index (Phi) is 4.22. The summed E-state index contributed by atoms with van der Waals surface area (Å²) >= 11 is 0. The molecule has 1 aliphatic heterocycles. The van der Waals surface area contributed by atoms with Gasteiger partial charge in [-0.2, -0.15) is 0 Å². The number of rotatable bonds is 3. The van der Waals surface area contributed by atoms with Crippen LogP contribution in [-0.4, -0.2) is 18.0 Å². The fourth-order valence-electron chi connectivity index (χ4n) is 2.49. The van der Waals surface area contributed by atoms with Crippen molar-refractivity contribution >= 4 is 0 Å². The minimum absolute atomic E-state index is 0.639. The summed E-state index contributed by atoms with van der Waals surface area (Å²) in [6.07, 6.45) is 2.73. The van der Waals surface area contributed by atoms with E-state index in [1.54, 1.807) is 0 Å². The number of benzene rings is 1. The summed E-state index contributed by atoms with van der Waals surface area (Å²) in [7, 11) is 0. The number of piperidine rings is 1. The molecule has 0 atom stereocenters. The predicted octanol–water partition coefficient (Wildman–Crippen LogP) is 4.04. The smallest absolute Gasteiger partial charge is 0.0233 e. The second-order valence-electron chi connectivity index (χ2n) is 5.85. The van der Waals surface area contributed by atoms with Gasteiger partial charge in [-0.1, -0.05) is 45.0 Å². The quantitative estimate of drug-likeness (QED) is 0.759. The first-order chi connectivity index (χ1) is 8.15. The van der Waals surface area contributed by atoms with Crippen molar-refractivity contribution in [1.29, 1.82) is 0 Å². The van der Waals surface area contributed by atoms with Crippen molar-refractivity contribution in [2.45, 2.75) is 46.1 Å². The third-order valence-electron chi connectivity index (χ3n) is 3.93. The molecule has 1 nitrogen and oxygen atoms in total. The molecule has 0 N–H and O–H groups in total. The van der Waals surface area contributed by atoms with Crippen LogP contribution in [0.25, 0.3) is 0 Å². The van der Waals surface area contributed by atoms with Crippen molar-refractivity contribution in [2.24, 2.45) is 5.92 Å². The van der Waals surface area contributed by atoms with Crippen LogP contribution in [0.15, 0.2) is 24.3 Å². The van der Waals surface area contributed by atoms with Crippen molar-refractivity contribution < 1.29 is 0 Å². The Bertz CT molecular complexity index is 331. The standard InChI is InChI=1S/C16H25N/c1-13(2)16-6-4-15(5-7-16)12-17-10-8-14(3)9-11-17/h4-7,13-14H,8-12H2,1-3H3. The van der Waals surface area contributed by atoms with Crippen molar-refractivity contribution in [1.82, 2.24) is 4.90 Å². The SMILES string of the molecule is CC1CCN(Cc2ccc(C(C)C)cc2)CC1. The van der Waals surface area contributed by atoms with E-state index < -0.39 is 0 Å². The van der Waals surface area contributed by atoms with Crippen LogP contribution in [0, 0.1) is 5.92 Å². The minimum atomic E-state index is 0.639. The number of hydrogen-bond donors (Lipinski definition) is 0. The highest BCUT2D eigenvalue weighted by atomic mass is 15.1. The summed E-state index contributed by atoms with van der Waals surface area (Å²) in [5, 5.41) is 0. The molecule has 94 valence electrons. The Morgan fingerprint density at radius 3 is 2.24 bits per heavy atom. The lowest BCUT2D eigenvalue weighted by Gasteiger charge is -2.30. The van der Waals surface area contributed by atoms with Gasteiger partial charge in [-0.25, -0.2) is 0 Å². The summed E-state index contributed by atoms with van der Waals surface area (Å²) in [5.74, 6) is 1.56. The van der Waals surface area contributed by atoms with Gasteiger partial charge in [-0.05, 0) is 48.9 Å². The van der Waals surface area contributed by atoms with Gasteiger partial charge in [0.15, 0.2) is 0 Å². The zero-order valence-electron chi connectivity index (χ0n) is 11.4. The van der Waals surface area contributed by atoms with Gasteiger partial charge >= 0.3 is 0 Å². The largest absolute Gasteiger partial charge is 0.299 e. The van der Waals surface area contributed by atoms with Crippen LogP contribution in [0.1, 0.15) is 50.7 Å². The molecule has 0 saturated carbocycles. The predicted molar refractivity (Wildman–Crippen MR) is 74.2 cm³/mol. The van der Waals surface area contributed by atoms with Gasteiger partial charge in [0.1, 0.15) is 0 Å². The Labute approximate surface area is 106 Å². The molecule has 0 amide bonds. The van der Waals surface area contributed by atoms with E-state index in [0.717, 1.165) is 12.5 Å². The molecule has 0 bridgehead atoms. The zero-order valence-corrected chi connectivity index (χ0v) is 11.4. The molecule has 0 radical (unpaired) electrons. The molecule has 1 heterocycles. The summed E-state index contributed by atoms with van der Waals surface area (Å²) in [6.45, 7) is 10.5. The zero-order chi connectivity index (χ0) is 12.3. The lowest BCUT2D eigenvalue weighted by molar-refractivity contribution is 0.185. The molecule has 0 aliphatic carbocycles. The van der Waals surface area contributed by atoms with Crippen LogP contribution in [0.4, 0.5) is 0 Å². The fraction of sp³-hybridized carbons (Fsp3) is 0.625. The van der Waals surface area contributed by atoms with E-state index in [2.05, 4.69) is 49.9 Å². The van der Waals surface area contributed by atoms with E-state index in [4.69, 9.17) is 0 Å². The maximum Gasteiger partial charge on any atom is 0.0233 e. The van der Waals surface area contributed by atoms with E-state index in [-0.39, 0.29) is 0 Å². The van der Waals surface area contributed by atoms with Crippen LogP contribution >= 0.6 is 0 Å². The van der Waals surface area contributed by atoms with E-state index in [1.807, 2.05) is 0 Å². The molecular weight excluding hydrogens is 206 g/mol. The summed E-state index contributed by atoms with van der Waals surface area (Å²) < 4.78 is 0. The second kappa shape index (κ2) is 5.68. The van der Waals surface area contributed by atoms with Gasteiger partial charge in [0.25, 0.3) is 0 Å². The molecule has 0 spiro atoms. The van der Waals surface area contributed by atoms with Crippen LogP contribution in [0.5, 0.6) is 0 Å². The molecule has 1 aromatic carbocycles. The molecule has 17 heavy (non-hydrogen) atoms. The van der Waals surface area contributed by atoms with Gasteiger partial charge in [0.2, 0.25) is 0 Å². The first-order valence-corrected chi connectivity index (χ1v) is 6.96. The number of likely N-dealkylation sites (tertiary alicyclic amines) is 1. The maximum atomic E-state index is 2.59. The molecule has 1 aromatic rings. The van der Waals surface area contributed by atoms with E-state index in [0.29, 0.717) is 5.92 Å². The summed E-state index contributed by atoms with van der Waals surface area (Å²) in [4.78, 5) is 2.59. The summed E-state index contributed by atoms with van der Waals surface area (Å²) in [5.41, 5.74) is 2.91. The third kappa shape index (κ3) is 3.57. The van der Waals surface area contributed by atoms with Crippen LogP contribution < -0.4 is 0 Å². The first kappa shape index (κ1) is 12.6. The van der Waals surface area contributed by atoms with Crippen molar-refractivity contribution in [3.05, 3.63) is 35.4 Å². The lowest BCUT2D eigenvalue weighted by atomic mass is 9.98. The highest BCUT2D eigenvalue weighted by Crippen LogP contribution is 2.19. The monoisotopic (exact) mass is 231 g/mol. The van der Waals surface area contributed by atoms with Gasteiger partial charge in [0, 0.05) is 6.54 Å². The molecule has 1 heteroatoms. The van der Waals surface area contributed by atoms with Gasteiger partial charge < -0.3 is 0 Å². The Balaban J connectivity index is 1.90. The number of nitrogens with zero attached hydrogens (tertiary/aromatic N) is 1. The van der Waals surface area contributed by atoms with Gasteiger partial charge in [0.05, 0.1) is 0 Å². The van der Waals surface area contributed by atoms with Crippen LogP contribution in [0.3, 0.4) is 0 Å². The third-order valence-corrected chi connectivity index (χ3v) is 3.93. The Hall–Kier alpha value is -0.820. The summed E-state index contributed by atoms with van der Waals surface area (Å²) in [6, 6.07) is 9.17. The van der Waals surface area contributed by atoms with Gasteiger partial charge in [-0.15, -0.1) is 0 Å². The molecule has 1 fully saturated rings. The topological polar surface area (TPSA) is 3.24 Å². The fourth-order valence-corrected chi connectivity index (χ4v) is 2.49. The molecule has 2 rings (SSSR count). The average Bonchev–Trinajstić information content (AvgIpc) is 2.33. The maximum absolute atomic E-state index is 2.59. The molecule has 0 unspecified atom stereocenters. The van der Waals surface area contributed by atoms with E-state index in [1.165, 1.54) is 37.1 Å². The Morgan fingerprint density at radius 2 is 1.71 bits per heavy atom. The van der Waals surface area contributed by atoms with E-state index >= 15 is 0 Å². The van der Waals surface area contributed by atoms with Crippen LogP contribution in [-0.2, 0) is 6.54 Å². The molecule has 0 aromatic heterocycles. The second-order valence-corrected chi connectivity index (χ2v) is 5.85. The normalized spacial score (nSPS) is 18.8. The highest BCUT2D eigenvalue weighted by Gasteiger charge is 2.15. The molecular formula is C16H25N. The first-order valence-electron chi connectivity index (χ1n) is 6.96. The van der Waals surface area contributed by atoms with Crippen LogP contribution in [0.2, 0.25) is 0 Å². The molecule has 1 aliphatic rings. The number of hydrogen-bond acceptors (Lipinski definition) is 1. The van der Waals surface area contributed by atoms with Crippen molar-refractivity contribution in [3.63, 3.8) is 0 Å². The van der Waals surface area contributed by atoms with E-state index in [9.17, 15) is 0 Å².